The Labute approximate surface area is 153 Å². The molecule has 25 heavy (non-hydrogen) atoms. The van der Waals surface area contributed by atoms with Gasteiger partial charge in [-0.2, -0.15) is 0 Å². The van der Waals surface area contributed by atoms with Crippen molar-refractivity contribution >= 4 is 29.3 Å². The van der Waals surface area contributed by atoms with E-state index in [2.05, 4.69) is 17.4 Å². The van der Waals surface area contributed by atoms with Crippen LogP contribution in [0.2, 0.25) is 0 Å². The zero-order chi connectivity index (χ0) is 18.0. The fraction of sp³-hybridized carbons (Fsp3) is 0.579. The van der Waals surface area contributed by atoms with Crippen LogP contribution in [-0.4, -0.2) is 28.6 Å². The molecule has 1 aromatic rings. The van der Waals surface area contributed by atoms with Crippen LogP contribution >= 0.6 is 11.8 Å². The summed E-state index contributed by atoms with van der Waals surface area (Å²) in [5.41, 5.74) is 8.33. The van der Waals surface area contributed by atoms with Gasteiger partial charge in [-0.25, -0.2) is 0 Å². The Kier molecular flexibility index (Phi) is 5.69. The lowest BCUT2D eigenvalue weighted by Gasteiger charge is -2.31. The van der Waals surface area contributed by atoms with E-state index in [9.17, 15) is 9.59 Å². The van der Waals surface area contributed by atoms with Gasteiger partial charge in [0.1, 0.15) is 5.50 Å². The highest BCUT2D eigenvalue weighted by Crippen LogP contribution is 2.38. The molecule has 3 N–H and O–H groups in total. The van der Waals surface area contributed by atoms with Gasteiger partial charge in [-0.15, -0.1) is 11.8 Å². The minimum Gasteiger partial charge on any atom is -0.370 e. The topological polar surface area (TPSA) is 75.4 Å². The predicted octanol–water partition coefficient (Wildman–Crippen LogP) is 2.83. The molecule has 1 saturated carbocycles. The number of primary amides is 1. The van der Waals surface area contributed by atoms with Crippen LogP contribution in [0.1, 0.15) is 49.7 Å². The highest BCUT2D eigenvalue weighted by Gasteiger charge is 2.43. The molecule has 136 valence electrons. The molecular weight excluding hydrogens is 334 g/mol. The van der Waals surface area contributed by atoms with Crippen molar-refractivity contribution in [2.75, 3.05) is 4.90 Å². The van der Waals surface area contributed by atoms with E-state index in [0.29, 0.717) is 6.04 Å². The molecule has 0 bridgehead atoms. The Hall–Kier alpha value is -1.53. The molecule has 6 heteroatoms. The second-order valence-corrected chi connectivity index (χ2v) is 8.44. The standard InChI is InChI=1S/C19H27N3O2S/c1-12-8-9-13(2)15(10-12)22-18(24)16(11-17(20)23)25-19(22)21-14-6-4-3-5-7-14/h8-10,14,16,19,21H,3-7,11H2,1-2H3,(H2,20,23). The molecule has 1 saturated heterocycles. The fourth-order valence-corrected chi connectivity index (χ4v) is 5.08. The molecule has 1 aliphatic carbocycles. The molecule has 2 amide bonds. The number of hydrogen-bond acceptors (Lipinski definition) is 4. The number of carbonyl (C=O) groups is 2. The van der Waals surface area contributed by atoms with Gasteiger partial charge in [0.15, 0.2) is 0 Å². The molecule has 5 nitrogen and oxygen atoms in total. The van der Waals surface area contributed by atoms with Crippen LogP contribution in [0.25, 0.3) is 0 Å². The lowest BCUT2D eigenvalue weighted by atomic mass is 9.96. The molecule has 1 aliphatic heterocycles. The number of hydrogen-bond donors (Lipinski definition) is 2. The summed E-state index contributed by atoms with van der Waals surface area (Å²) in [4.78, 5) is 26.2. The monoisotopic (exact) mass is 361 g/mol. The number of amides is 2. The maximum atomic E-state index is 13.0. The summed E-state index contributed by atoms with van der Waals surface area (Å²) in [5, 5.41) is 3.26. The molecular formula is C19H27N3O2S. The highest BCUT2D eigenvalue weighted by atomic mass is 32.2. The van der Waals surface area contributed by atoms with Gasteiger partial charge in [0.25, 0.3) is 0 Å². The molecule has 1 heterocycles. The second-order valence-electron chi connectivity index (χ2n) is 7.15. The lowest BCUT2D eigenvalue weighted by molar-refractivity contribution is -0.122. The van der Waals surface area contributed by atoms with E-state index in [-0.39, 0.29) is 17.8 Å². The minimum atomic E-state index is -0.426. The minimum absolute atomic E-state index is 0.0224. The Balaban J connectivity index is 1.87. The van der Waals surface area contributed by atoms with E-state index in [1.54, 1.807) is 0 Å². The Morgan fingerprint density at radius 3 is 2.68 bits per heavy atom. The first-order chi connectivity index (χ1) is 12.0. The fourth-order valence-electron chi connectivity index (χ4n) is 3.67. The maximum Gasteiger partial charge on any atom is 0.242 e. The summed E-state index contributed by atoms with van der Waals surface area (Å²) in [6, 6.07) is 6.58. The number of benzene rings is 1. The van der Waals surface area contributed by atoms with Crippen LogP contribution in [0.15, 0.2) is 18.2 Å². The van der Waals surface area contributed by atoms with E-state index in [1.807, 2.05) is 24.8 Å². The van der Waals surface area contributed by atoms with E-state index < -0.39 is 11.2 Å². The second kappa shape index (κ2) is 7.79. The van der Waals surface area contributed by atoms with Crippen molar-refractivity contribution in [3.63, 3.8) is 0 Å². The van der Waals surface area contributed by atoms with Gasteiger partial charge < -0.3 is 5.73 Å². The third kappa shape index (κ3) is 4.18. The van der Waals surface area contributed by atoms with E-state index in [0.717, 1.165) is 29.7 Å². The van der Waals surface area contributed by atoms with Crippen LogP contribution in [0.4, 0.5) is 5.69 Å². The Morgan fingerprint density at radius 2 is 2.00 bits per heavy atom. The molecule has 2 aliphatic rings. The number of nitrogens with one attached hydrogen (secondary N) is 1. The highest BCUT2D eigenvalue weighted by molar-refractivity contribution is 8.01. The Bertz CT molecular complexity index is 658. The van der Waals surface area contributed by atoms with Crippen molar-refractivity contribution in [1.29, 1.82) is 0 Å². The average molecular weight is 362 g/mol. The van der Waals surface area contributed by atoms with E-state index in [1.165, 1.54) is 31.0 Å². The summed E-state index contributed by atoms with van der Waals surface area (Å²) in [6.07, 6.45) is 6.14. The molecule has 2 atom stereocenters. The van der Waals surface area contributed by atoms with Gasteiger partial charge in [-0.05, 0) is 43.9 Å². The zero-order valence-corrected chi connectivity index (χ0v) is 15.8. The number of thioether (sulfide) groups is 1. The molecule has 0 radical (unpaired) electrons. The predicted molar refractivity (Wildman–Crippen MR) is 102 cm³/mol. The van der Waals surface area contributed by atoms with Crippen molar-refractivity contribution in [3.8, 4) is 0 Å². The van der Waals surface area contributed by atoms with E-state index >= 15 is 0 Å². The number of nitrogens with zero attached hydrogens (tertiary/aromatic N) is 1. The first-order valence-electron chi connectivity index (χ1n) is 9.06. The third-order valence-corrected chi connectivity index (χ3v) is 6.34. The Morgan fingerprint density at radius 1 is 1.28 bits per heavy atom. The molecule has 3 rings (SSSR count). The smallest absolute Gasteiger partial charge is 0.242 e. The number of rotatable bonds is 5. The third-order valence-electron chi connectivity index (χ3n) is 5.03. The molecule has 2 fully saturated rings. The normalized spacial score (nSPS) is 24.7. The van der Waals surface area contributed by atoms with Crippen molar-refractivity contribution < 1.29 is 9.59 Å². The molecule has 1 aromatic carbocycles. The van der Waals surface area contributed by atoms with Crippen molar-refractivity contribution in [2.24, 2.45) is 5.73 Å². The van der Waals surface area contributed by atoms with Crippen LogP contribution in [0.3, 0.4) is 0 Å². The largest absolute Gasteiger partial charge is 0.370 e. The summed E-state index contributed by atoms with van der Waals surface area (Å²) < 4.78 is 0. The molecule has 0 aromatic heterocycles. The number of nitrogens with two attached hydrogens (primary N) is 1. The first-order valence-corrected chi connectivity index (χ1v) is 10.00. The molecule has 2 unspecified atom stereocenters. The van der Waals surface area contributed by atoms with Crippen molar-refractivity contribution in [1.82, 2.24) is 5.32 Å². The van der Waals surface area contributed by atoms with Crippen LogP contribution in [0, 0.1) is 13.8 Å². The average Bonchev–Trinajstić information content (AvgIpc) is 2.86. The van der Waals surface area contributed by atoms with Crippen molar-refractivity contribution in [2.45, 2.75) is 69.2 Å². The maximum absolute atomic E-state index is 13.0. The summed E-state index contributed by atoms with van der Waals surface area (Å²) >= 11 is 1.52. The van der Waals surface area contributed by atoms with Crippen molar-refractivity contribution in [3.05, 3.63) is 29.3 Å². The van der Waals surface area contributed by atoms with Crippen LogP contribution in [0.5, 0.6) is 0 Å². The summed E-state index contributed by atoms with van der Waals surface area (Å²) in [7, 11) is 0. The van der Waals surface area contributed by atoms with Gasteiger partial charge in [0, 0.05) is 18.2 Å². The summed E-state index contributed by atoms with van der Waals surface area (Å²) in [6.45, 7) is 4.05. The number of aryl methyl sites for hydroxylation is 2. The zero-order valence-electron chi connectivity index (χ0n) is 15.0. The number of anilines is 1. The van der Waals surface area contributed by atoms with E-state index in [4.69, 9.17) is 5.73 Å². The summed E-state index contributed by atoms with van der Waals surface area (Å²) in [5.74, 6) is -0.448. The lowest BCUT2D eigenvalue weighted by Crippen LogP contribution is -2.47. The van der Waals surface area contributed by atoms with Crippen LogP contribution in [-0.2, 0) is 9.59 Å². The van der Waals surface area contributed by atoms with Gasteiger partial charge in [-0.3, -0.25) is 19.8 Å². The van der Waals surface area contributed by atoms with Gasteiger partial charge in [0.2, 0.25) is 11.8 Å². The SMILES string of the molecule is Cc1ccc(C)c(N2C(=O)C(CC(N)=O)SC2NC2CCCCC2)c1. The van der Waals surface area contributed by atoms with Gasteiger partial charge in [-0.1, -0.05) is 31.4 Å². The molecule has 0 spiro atoms. The van der Waals surface area contributed by atoms with Gasteiger partial charge in [0.05, 0.1) is 5.25 Å². The van der Waals surface area contributed by atoms with Gasteiger partial charge >= 0.3 is 0 Å². The number of carbonyl (C=O) groups excluding carboxylic acids is 2. The quantitative estimate of drug-likeness (QED) is 0.846. The van der Waals surface area contributed by atoms with Crippen LogP contribution < -0.4 is 16.0 Å². The first kappa shape index (κ1) is 18.3.